The minimum absolute atomic E-state index is 0.175. The molecule has 3 aromatic rings. The van der Waals surface area contributed by atoms with E-state index in [0.717, 1.165) is 33.8 Å². The van der Waals surface area contributed by atoms with Crippen molar-refractivity contribution in [3.63, 3.8) is 0 Å². The van der Waals surface area contributed by atoms with Crippen molar-refractivity contribution in [2.45, 2.75) is 39.5 Å². The zero-order chi connectivity index (χ0) is 25.6. The Morgan fingerprint density at radius 3 is 2.61 bits per heavy atom. The first-order valence-electron chi connectivity index (χ1n) is 11.9. The van der Waals surface area contributed by atoms with Gasteiger partial charge in [-0.25, -0.2) is 0 Å². The van der Waals surface area contributed by atoms with Crippen LogP contribution >= 0.6 is 23.8 Å². The molecule has 0 spiro atoms. The van der Waals surface area contributed by atoms with E-state index in [-0.39, 0.29) is 5.91 Å². The first-order valence-corrected chi connectivity index (χ1v) is 12.7. The molecule has 186 valence electrons. The molecule has 1 fully saturated rings. The van der Waals surface area contributed by atoms with Gasteiger partial charge in [0, 0.05) is 22.0 Å². The number of thiocarbonyl (C=S) groups is 1. The molecule has 0 saturated carbocycles. The Hall–Kier alpha value is -3.29. The van der Waals surface area contributed by atoms with Crippen molar-refractivity contribution in [3.8, 4) is 11.5 Å². The van der Waals surface area contributed by atoms with E-state index < -0.39 is 17.7 Å². The molecule has 2 bridgehead atoms. The van der Waals surface area contributed by atoms with Gasteiger partial charge in [-0.05, 0) is 94.0 Å². The van der Waals surface area contributed by atoms with Gasteiger partial charge in [-0.3, -0.25) is 9.69 Å². The molecule has 8 heteroatoms. The number of aryl methyl sites for hydroxylation is 2. The van der Waals surface area contributed by atoms with E-state index >= 15 is 0 Å². The van der Waals surface area contributed by atoms with Crippen LogP contribution in [0.15, 0.2) is 60.7 Å². The van der Waals surface area contributed by atoms with E-state index in [4.69, 9.17) is 33.3 Å². The predicted octanol–water partition coefficient (Wildman–Crippen LogP) is 6.15. The highest BCUT2D eigenvalue weighted by molar-refractivity contribution is 7.80. The number of ether oxygens (including phenoxy) is 2. The number of nitrogens with zero attached hydrogens (tertiary/aromatic N) is 1. The number of halogens is 1. The molecule has 1 amide bonds. The van der Waals surface area contributed by atoms with Gasteiger partial charge in [0.1, 0.15) is 17.4 Å². The maximum absolute atomic E-state index is 14.0. The van der Waals surface area contributed by atoms with Gasteiger partial charge in [-0.15, -0.1) is 0 Å². The van der Waals surface area contributed by atoms with Crippen LogP contribution in [0.4, 0.5) is 11.4 Å². The second kappa shape index (κ2) is 9.30. The number of hydrogen-bond acceptors (Lipinski definition) is 4. The van der Waals surface area contributed by atoms with E-state index in [0.29, 0.717) is 22.5 Å². The lowest BCUT2D eigenvalue weighted by Gasteiger charge is -2.56. The van der Waals surface area contributed by atoms with Gasteiger partial charge in [0.25, 0.3) is 0 Å². The van der Waals surface area contributed by atoms with Crippen LogP contribution in [0.25, 0.3) is 0 Å². The molecule has 36 heavy (non-hydrogen) atoms. The van der Waals surface area contributed by atoms with Crippen molar-refractivity contribution in [2.75, 3.05) is 16.8 Å². The molecule has 2 heterocycles. The van der Waals surface area contributed by atoms with E-state index in [2.05, 4.69) is 10.6 Å². The smallest absolute Gasteiger partial charge is 0.236 e. The Labute approximate surface area is 221 Å². The molecular formula is C28H28ClN3O3S. The summed E-state index contributed by atoms with van der Waals surface area (Å²) in [5.41, 5.74) is 3.37. The molecule has 3 unspecified atom stereocenters. The first kappa shape index (κ1) is 24.4. The maximum Gasteiger partial charge on any atom is 0.236 e. The zero-order valence-electron chi connectivity index (χ0n) is 20.6. The zero-order valence-corrected chi connectivity index (χ0v) is 22.2. The Morgan fingerprint density at radius 2 is 1.92 bits per heavy atom. The summed E-state index contributed by atoms with van der Waals surface area (Å²) in [4.78, 5) is 15.9. The third kappa shape index (κ3) is 4.16. The van der Waals surface area contributed by atoms with Gasteiger partial charge in [-0.2, -0.15) is 0 Å². The lowest BCUT2D eigenvalue weighted by Crippen LogP contribution is -2.72. The summed E-state index contributed by atoms with van der Waals surface area (Å²) in [5, 5.41) is 7.58. The maximum atomic E-state index is 14.0. The standard InChI is InChI=1S/C28H28ClN3O3S/c1-5-34-20-10-8-19(9-11-20)32-27(36)31-25-21-15-18(29)7-13-23(21)35-28(32,4)24(25)26(33)30-22-12-6-16(2)14-17(22)3/h6-15,24-25H,5H2,1-4H3,(H,30,33)(H,31,36). The molecule has 0 aromatic heterocycles. The number of benzene rings is 3. The number of carbonyl (C=O) groups is 1. The van der Waals surface area contributed by atoms with Crippen LogP contribution in [0.5, 0.6) is 11.5 Å². The Balaban J connectivity index is 1.59. The van der Waals surface area contributed by atoms with Crippen LogP contribution in [0.1, 0.15) is 36.6 Å². The second-order valence-corrected chi connectivity index (χ2v) is 10.1. The SMILES string of the molecule is CCOc1ccc(N2C(=S)NC3c4cc(Cl)ccc4OC2(C)C3C(=O)Nc2ccc(C)cc2C)cc1. The summed E-state index contributed by atoms with van der Waals surface area (Å²) in [6.45, 7) is 8.44. The summed E-state index contributed by atoms with van der Waals surface area (Å²) in [6.07, 6.45) is 0. The molecule has 0 aliphatic carbocycles. The monoisotopic (exact) mass is 521 g/mol. The van der Waals surface area contributed by atoms with Crippen LogP contribution in [-0.2, 0) is 4.79 Å². The molecule has 3 atom stereocenters. The molecule has 1 saturated heterocycles. The third-order valence-corrected chi connectivity index (χ3v) is 7.32. The quantitative estimate of drug-likeness (QED) is 0.392. The van der Waals surface area contributed by atoms with Crippen LogP contribution < -0.4 is 25.0 Å². The second-order valence-electron chi connectivity index (χ2n) is 9.31. The molecular weight excluding hydrogens is 494 g/mol. The number of nitrogens with one attached hydrogen (secondary N) is 2. The van der Waals surface area contributed by atoms with Crippen LogP contribution in [-0.4, -0.2) is 23.4 Å². The third-order valence-electron chi connectivity index (χ3n) is 6.79. The summed E-state index contributed by atoms with van der Waals surface area (Å²) >= 11 is 12.2. The number of amides is 1. The normalized spacial score (nSPS) is 22.2. The minimum atomic E-state index is -1.11. The molecule has 5 rings (SSSR count). The average molecular weight is 522 g/mol. The lowest BCUT2D eigenvalue weighted by molar-refractivity contribution is -0.130. The minimum Gasteiger partial charge on any atom is -0.494 e. The molecule has 2 aliphatic rings. The highest BCUT2D eigenvalue weighted by atomic mass is 35.5. The number of carbonyl (C=O) groups excluding carboxylic acids is 1. The summed E-state index contributed by atoms with van der Waals surface area (Å²) < 4.78 is 12.2. The van der Waals surface area contributed by atoms with Crippen molar-refractivity contribution in [1.82, 2.24) is 5.32 Å². The highest BCUT2D eigenvalue weighted by Crippen LogP contribution is 2.50. The summed E-state index contributed by atoms with van der Waals surface area (Å²) in [6, 6.07) is 18.6. The Morgan fingerprint density at radius 1 is 1.17 bits per heavy atom. The van der Waals surface area contributed by atoms with E-state index in [1.807, 2.05) is 87.2 Å². The van der Waals surface area contributed by atoms with Crippen LogP contribution in [0.3, 0.4) is 0 Å². The molecule has 2 N–H and O–H groups in total. The van der Waals surface area contributed by atoms with Crippen LogP contribution in [0, 0.1) is 19.8 Å². The Bertz CT molecular complexity index is 1350. The van der Waals surface area contributed by atoms with E-state index in [9.17, 15) is 4.79 Å². The first-order chi connectivity index (χ1) is 17.2. The molecule has 2 aliphatic heterocycles. The van der Waals surface area contributed by atoms with Gasteiger partial charge >= 0.3 is 0 Å². The molecule has 6 nitrogen and oxygen atoms in total. The van der Waals surface area contributed by atoms with Gasteiger partial charge in [0.05, 0.1) is 12.6 Å². The number of hydrogen-bond donors (Lipinski definition) is 2. The molecule has 3 aromatic carbocycles. The van der Waals surface area contributed by atoms with E-state index in [1.165, 1.54) is 0 Å². The van der Waals surface area contributed by atoms with Gasteiger partial charge in [0.15, 0.2) is 10.8 Å². The van der Waals surface area contributed by atoms with Gasteiger partial charge < -0.3 is 20.1 Å². The van der Waals surface area contributed by atoms with Crippen molar-refractivity contribution in [1.29, 1.82) is 0 Å². The van der Waals surface area contributed by atoms with Crippen LogP contribution in [0.2, 0.25) is 5.02 Å². The molecule has 0 radical (unpaired) electrons. The fourth-order valence-electron chi connectivity index (χ4n) is 5.17. The number of rotatable bonds is 5. The predicted molar refractivity (Wildman–Crippen MR) is 147 cm³/mol. The number of anilines is 2. The van der Waals surface area contributed by atoms with Crippen molar-refractivity contribution >= 4 is 46.2 Å². The number of fused-ring (bicyclic) bond motifs is 4. The lowest BCUT2D eigenvalue weighted by atomic mass is 9.78. The largest absolute Gasteiger partial charge is 0.494 e. The summed E-state index contributed by atoms with van der Waals surface area (Å²) in [5.74, 6) is 0.593. The van der Waals surface area contributed by atoms with Crippen molar-refractivity contribution < 1.29 is 14.3 Å². The Kier molecular flexibility index (Phi) is 6.30. The average Bonchev–Trinajstić information content (AvgIpc) is 2.82. The van der Waals surface area contributed by atoms with Gasteiger partial charge in [0.2, 0.25) is 5.91 Å². The fraction of sp³-hybridized carbons (Fsp3) is 0.286. The highest BCUT2D eigenvalue weighted by Gasteiger charge is 2.59. The van der Waals surface area contributed by atoms with Crippen molar-refractivity contribution in [3.05, 3.63) is 82.4 Å². The fourth-order valence-corrected chi connectivity index (χ4v) is 5.76. The summed E-state index contributed by atoms with van der Waals surface area (Å²) in [7, 11) is 0. The topological polar surface area (TPSA) is 62.8 Å². The van der Waals surface area contributed by atoms with Gasteiger partial charge in [-0.1, -0.05) is 29.3 Å². The van der Waals surface area contributed by atoms with Crippen molar-refractivity contribution in [2.24, 2.45) is 5.92 Å². The van der Waals surface area contributed by atoms with E-state index in [1.54, 1.807) is 6.07 Å².